The van der Waals surface area contributed by atoms with E-state index in [2.05, 4.69) is 27.8 Å². The summed E-state index contributed by atoms with van der Waals surface area (Å²) < 4.78 is 1.81. The van der Waals surface area contributed by atoms with E-state index in [9.17, 15) is 4.79 Å². The van der Waals surface area contributed by atoms with Gasteiger partial charge in [0.15, 0.2) is 5.11 Å². The van der Waals surface area contributed by atoms with Crippen LogP contribution in [0.3, 0.4) is 0 Å². The lowest BCUT2D eigenvalue weighted by atomic mass is 10.1. The van der Waals surface area contributed by atoms with Crippen molar-refractivity contribution in [2.45, 2.75) is 20.4 Å². The molecule has 9 heteroatoms. The summed E-state index contributed by atoms with van der Waals surface area (Å²) in [5.41, 5.74) is 8.43. The second-order valence-electron chi connectivity index (χ2n) is 5.89. The fraction of sp³-hybridized carbons (Fsp3) is 0.211. The Morgan fingerprint density at radius 2 is 1.96 bits per heavy atom. The van der Waals surface area contributed by atoms with Crippen LogP contribution >= 0.6 is 35.4 Å². The van der Waals surface area contributed by atoms with E-state index in [0.29, 0.717) is 28.2 Å². The van der Waals surface area contributed by atoms with Crippen molar-refractivity contribution in [3.8, 4) is 0 Å². The molecule has 0 bridgehead atoms. The van der Waals surface area contributed by atoms with Gasteiger partial charge in [-0.15, -0.1) is 6.58 Å². The van der Waals surface area contributed by atoms with E-state index in [0.717, 1.165) is 22.5 Å². The molecule has 0 radical (unpaired) electrons. The fourth-order valence-corrected chi connectivity index (χ4v) is 3.12. The van der Waals surface area contributed by atoms with Crippen molar-refractivity contribution in [1.82, 2.24) is 25.9 Å². The predicted octanol–water partition coefficient (Wildman–Crippen LogP) is 3.55. The maximum absolute atomic E-state index is 12.0. The van der Waals surface area contributed by atoms with Crippen LogP contribution in [0.25, 0.3) is 6.08 Å². The third-order valence-electron chi connectivity index (χ3n) is 3.91. The molecule has 1 heterocycles. The van der Waals surface area contributed by atoms with Gasteiger partial charge in [-0.05, 0) is 44.3 Å². The summed E-state index contributed by atoms with van der Waals surface area (Å²) >= 11 is 17.5. The van der Waals surface area contributed by atoms with Crippen LogP contribution in [0.5, 0.6) is 0 Å². The first-order valence-electron chi connectivity index (χ1n) is 8.43. The Bertz CT molecular complexity index is 903. The first kappa shape index (κ1) is 21.9. The number of rotatable bonds is 6. The van der Waals surface area contributed by atoms with E-state index < -0.39 is 0 Å². The molecule has 0 fully saturated rings. The van der Waals surface area contributed by atoms with Crippen LogP contribution in [-0.4, -0.2) is 27.3 Å². The van der Waals surface area contributed by atoms with E-state index in [4.69, 9.17) is 35.4 Å². The van der Waals surface area contributed by atoms with Crippen molar-refractivity contribution in [3.05, 3.63) is 69.5 Å². The highest BCUT2D eigenvalue weighted by molar-refractivity contribution is 7.80. The number of hydrazine groups is 1. The molecule has 0 spiro atoms. The number of halogens is 2. The van der Waals surface area contributed by atoms with Gasteiger partial charge in [-0.3, -0.25) is 20.3 Å². The van der Waals surface area contributed by atoms with Gasteiger partial charge in [-0.25, -0.2) is 0 Å². The van der Waals surface area contributed by atoms with E-state index in [1.807, 2.05) is 18.5 Å². The monoisotopic (exact) mass is 437 g/mol. The first-order chi connectivity index (χ1) is 13.3. The molecule has 0 saturated heterocycles. The number of aromatic nitrogens is 2. The largest absolute Gasteiger partial charge is 0.358 e. The summed E-state index contributed by atoms with van der Waals surface area (Å²) in [5.74, 6) is -0.344. The lowest BCUT2D eigenvalue weighted by Gasteiger charge is -2.09. The third-order valence-corrected chi connectivity index (χ3v) is 4.87. The maximum atomic E-state index is 12.0. The summed E-state index contributed by atoms with van der Waals surface area (Å²) in [7, 11) is 0. The van der Waals surface area contributed by atoms with Crippen LogP contribution in [0.4, 0.5) is 0 Å². The minimum absolute atomic E-state index is 0.304. The van der Waals surface area contributed by atoms with Crippen LogP contribution in [0.1, 0.15) is 22.5 Å². The zero-order valence-corrected chi connectivity index (χ0v) is 17.9. The second-order valence-corrected chi connectivity index (χ2v) is 7.11. The number of thiocarbonyl (C=S) groups is 1. The summed E-state index contributed by atoms with van der Waals surface area (Å²) in [6, 6.07) is 5.39. The van der Waals surface area contributed by atoms with E-state index in [1.54, 1.807) is 30.4 Å². The number of hydrogen-bond donors (Lipinski definition) is 3. The summed E-state index contributed by atoms with van der Waals surface area (Å²) in [6.07, 6.45) is 4.78. The molecule has 1 aromatic heterocycles. The zero-order chi connectivity index (χ0) is 20.7. The van der Waals surface area contributed by atoms with Crippen LogP contribution in [0.15, 0.2) is 36.9 Å². The number of nitrogens with zero attached hydrogens (tertiary/aromatic N) is 2. The molecule has 6 nitrogen and oxygen atoms in total. The Morgan fingerprint density at radius 3 is 2.61 bits per heavy atom. The molecule has 0 saturated carbocycles. The molecule has 0 atom stereocenters. The van der Waals surface area contributed by atoms with Crippen molar-refractivity contribution in [3.63, 3.8) is 0 Å². The highest BCUT2D eigenvalue weighted by Crippen LogP contribution is 2.26. The van der Waals surface area contributed by atoms with Gasteiger partial charge in [0.05, 0.1) is 12.2 Å². The summed E-state index contributed by atoms with van der Waals surface area (Å²) in [6.45, 7) is 8.32. The molecule has 1 amide bonds. The molecule has 28 heavy (non-hydrogen) atoms. The average molecular weight is 438 g/mol. The molecular weight excluding hydrogens is 417 g/mol. The molecule has 1 aromatic carbocycles. The topological polar surface area (TPSA) is 71.0 Å². The molecule has 0 aliphatic heterocycles. The molecule has 148 valence electrons. The van der Waals surface area contributed by atoms with Crippen LogP contribution in [-0.2, 0) is 11.3 Å². The number of carbonyl (C=O) groups is 1. The van der Waals surface area contributed by atoms with Gasteiger partial charge in [0.25, 0.3) is 5.91 Å². The third kappa shape index (κ3) is 5.82. The van der Waals surface area contributed by atoms with Crippen molar-refractivity contribution in [1.29, 1.82) is 0 Å². The van der Waals surface area contributed by atoms with Crippen molar-refractivity contribution in [2.24, 2.45) is 0 Å². The molecule has 0 aliphatic carbocycles. The van der Waals surface area contributed by atoms with Crippen molar-refractivity contribution < 1.29 is 4.79 Å². The number of aryl methyl sites for hydroxylation is 1. The average Bonchev–Trinajstić information content (AvgIpc) is 2.92. The zero-order valence-electron chi connectivity index (χ0n) is 15.6. The highest BCUT2D eigenvalue weighted by atomic mass is 35.5. The minimum Gasteiger partial charge on any atom is -0.358 e. The van der Waals surface area contributed by atoms with Crippen molar-refractivity contribution in [2.75, 3.05) is 6.54 Å². The lowest BCUT2D eigenvalue weighted by molar-refractivity contribution is -0.116. The number of amides is 1. The lowest BCUT2D eigenvalue weighted by Crippen LogP contribution is -2.46. The molecular formula is C19H21Cl2N5OS. The van der Waals surface area contributed by atoms with Gasteiger partial charge in [0.2, 0.25) is 0 Å². The van der Waals surface area contributed by atoms with Gasteiger partial charge in [0.1, 0.15) is 0 Å². The molecule has 0 unspecified atom stereocenters. The fourth-order valence-electron chi connectivity index (χ4n) is 2.47. The normalized spacial score (nSPS) is 10.7. The minimum atomic E-state index is -0.344. The number of hydrogen-bond acceptors (Lipinski definition) is 3. The molecule has 2 rings (SSSR count). The smallest absolute Gasteiger partial charge is 0.262 e. The Balaban J connectivity index is 2.07. The number of carbonyl (C=O) groups excluding carboxylic acids is 1. The second kappa shape index (κ2) is 10.3. The van der Waals surface area contributed by atoms with Crippen LogP contribution < -0.4 is 16.2 Å². The van der Waals surface area contributed by atoms with Crippen molar-refractivity contribution >= 4 is 52.5 Å². The van der Waals surface area contributed by atoms with E-state index in [1.165, 1.54) is 6.08 Å². The van der Waals surface area contributed by atoms with Crippen LogP contribution in [0.2, 0.25) is 10.0 Å². The number of benzene rings is 1. The SMILES string of the molecule is C=CCNC(=S)NNC(=O)C=Cc1c(C)nn(Cc2c(Cl)cccc2Cl)c1C. The van der Waals surface area contributed by atoms with Gasteiger partial charge >= 0.3 is 0 Å². The number of nitrogens with one attached hydrogen (secondary N) is 3. The standard InChI is InChI=1S/C19H21Cl2N5OS/c1-4-10-22-19(28)24-23-18(27)9-8-14-12(2)25-26(13(14)3)11-15-16(20)6-5-7-17(15)21/h4-9H,1,10-11H2,2-3H3,(H,23,27)(H2,22,24,28). The Kier molecular flexibility index (Phi) is 8.04. The Morgan fingerprint density at radius 1 is 1.29 bits per heavy atom. The van der Waals surface area contributed by atoms with Gasteiger partial charge in [-0.1, -0.05) is 35.3 Å². The van der Waals surface area contributed by atoms with Gasteiger partial charge < -0.3 is 5.32 Å². The summed E-state index contributed by atoms with van der Waals surface area (Å²) in [5, 5.41) is 8.86. The Hall–Kier alpha value is -2.35. The first-order valence-corrected chi connectivity index (χ1v) is 9.59. The van der Waals surface area contributed by atoms with Crippen LogP contribution in [0, 0.1) is 13.8 Å². The summed E-state index contributed by atoms with van der Waals surface area (Å²) in [4.78, 5) is 12.0. The predicted molar refractivity (Wildman–Crippen MR) is 118 cm³/mol. The van der Waals surface area contributed by atoms with E-state index >= 15 is 0 Å². The quantitative estimate of drug-likeness (QED) is 0.279. The molecule has 0 aliphatic rings. The van der Waals surface area contributed by atoms with Gasteiger partial charge in [0, 0.05) is 39.5 Å². The molecule has 2 aromatic rings. The van der Waals surface area contributed by atoms with E-state index in [-0.39, 0.29) is 5.91 Å². The van der Waals surface area contributed by atoms with Gasteiger partial charge in [-0.2, -0.15) is 5.10 Å². The molecule has 3 N–H and O–H groups in total. The maximum Gasteiger partial charge on any atom is 0.262 e. The Labute approximate surface area is 179 Å². The highest BCUT2D eigenvalue weighted by Gasteiger charge is 2.13.